The normalized spacial score (nSPS) is 16.9. The predicted molar refractivity (Wildman–Crippen MR) is 110 cm³/mol. The lowest BCUT2D eigenvalue weighted by Gasteiger charge is -2.21. The van der Waals surface area contributed by atoms with E-state index in [-0.39, 0.29) is 23.2 Å². The van der Waals surface area contributed by atoms with Gasteiger partial charge in [0.15, 0.2) is 0 Å². The summed E-state index contributed by atoms with van der Waals surface area (Å²) >= 11 is 0. The Labute approximate surface area is 171 Å². The third kappa shape index (κ3) is 4.41. The molecule has 0 saturated carbocycles. The molecule has 2 aromatic rings. The van der Waals surface area contributed by atoms with Gasteiger partial charge < -0.3 is 9.47 Å². The van der Waals surface area contributed by atoms with E-state index in [1.807, 2.05) is 6.92 Å². The largest absolute Gasteiger partial charge is 0.497 e. The molecule has 0 spiro atoms. The lowest BCUT2D eigenvalue weighted by molar-refractivity contribution is 0.0633. The highest BCUT2D eigenvalue weighted by Gasteiger charge is 2.34. The first-order valence-corrected chi connectivity index (χ1v) is 10.5. The van der Waals surface area contributed by atoms with Gasteiger partial charge in [0.25, 0.3) is 0 Å². The highest BCUT2D eigenvalue weighted by atomic mass is 32.2. The van der Waals surface area contributed by atoms with Crippen LogP contribution in [0.3, 0.4) is 0 Å². The number of rotatable bonds is 6. The number of hydrogen-bond donors (Lipinski definition) is 0. The number of hydrogen-bond acceptors (Lipinski definition) is 5. The second kappa shape index (κ2) is 8.23. The molecule has 1 aliphatic rings. The van der Waals surface area contributed by atoms with Crippen LogP contribution in [-0.4, -0.2) is 38.4 Å². The summed E-state index contributed by atoms with van der Waals surface area (Å²) in [6, 6.07) is 12.8. The first kappa shape index (κ1) is 20.8. The molecule has 6 nitrogen and oxygen atoms in total. The van der Waals surface area contributed by atoms with Crippen molar-refractivity contribution in [2.45, 2.75) is 24.8 Å². The Morgan fingerprint density at radius 3 is 2.31 bits per heavy atom. The quantitative estimate of drug-likeness (QED) is 0.533. The summed E-state index contributed by atoms with van der Waals surface area (Å²) in [6.45, 7) is 7.58. The molecule has 1 aliphatic heterocycles. The molecule has 0 N–H and O–H groups in total. The van der Waals surface area contributed by atoms with Crippen molar-refractivity contribution in [2.75, 3.05) is 13.7 Å². The zero-order valence-electron chi connectivity index (χ0n) is 16.6. The fourth-order valence-electron chi connectivity index (χ4n) is 3.03. The van der Waals surface area contributed by atoms with Gasteiger partial charge in [0, 0.05) is 18.2 Å². The standard InChI is InChI=1S/C22H23NO5S/c1-15-5-11-21(12-6-15)29(25,26)23-14-19(13-16(23)2)17(3)28-22(24)18-7-9-20(27-4)10-8-18/h5-13,16H,3,14H2,1-2,4H3. The molecule has 152 valence electrons. The average Bonchev–Trinajstić information content (AvgIpc) is 3.11. The first-order chi connectivity index (χ1) is 13.7. The molecule has 0 aliphatic carbocycles. The van der Waals surface area contributed by atoms with Gasteiger partial charge in [-0.2, -0.15) is 4.31 Å². The average molecular weight is 413 g/mol. The van der Waals surface area contributed by atoms with Gasteiger partial charge in [0.05, 0.1) is 17.6 Å². The number of benzene rings is 2. The molecular weight excluding hydrogens is 390 g/mol. The maximum absolute atomic E-state index is 13.0. The Kier molecular flexibility index (Phi) is 5.91. The number of sulfonamides is 1. The van der Waals surface area contributed by atoms with Crippen molar-refractivity contribution in [3.8, 4) is 5.75 Å². The summed E-state index contributed by atoms with van der Waals surface area (Å²) < 4.78 is 37.7. The van der Waals surface area contributed by atoms with Crippen LogP contribution in [-0.2, 0) is 14.8 Å². The van der Waals surface area contributed by atoms with Crippen molar-refractivity contribution < 1.29 is 22.7 Å². The molecule has 0 radical (unpaired) electrons. The summed E-state index contributed by atoms with van der Waals surface area (Å²) in [5.74, 6) is 0.204. The fourth-order valence-corrected chi connectivity index (χ4v) is 4.59. The molecule has 7 heteroatoms. The zero-order chi connectivity index (χ0) is 21.2. The second-order valence-corrected chi connectivity index (χ2v) is 8.73. The number of methoxy groups -OCH3 is 1. The van der Waals surface area contributed by atoms with Crippen molar-refractivity contribution >= 4 is 16.0 Å². The molecule has 0 saturated heterocycles. The van der Waals surface area contributed by atoms with Gasteiger partial charge in [0.2, 0.25) is 10.0 Å². The summed E-state index contributed by atoms with van der Waals surface area (Å²) in [4.78, 5) is 12.6. The number of carbonyl (C=O) groups is 1. The number of carbonyl (C=O) groups excluding carboxylic acids is 1. The Bertz CT molecular complexity index is 1050. The summed E-state index contributed by atoms with van der Waals surface area (Å²) in [5.41, 5.74) is 1.90. The predicted octanol–water partition coefficient (Wildman–Crippen LogP) is 3.69. The molecular formula is C22H23NO5S. The van der Waals surface area contributed by atoms with Crippen LogP contribution >= 0.6 is 0 Å². The van der Waals surface area contributed by atoms with E-state index in [1.54, 1.807) is 68.6 Å². The third-order valence-corrected chi connectivity index (χ3v) is 6.70. The zero-order valence-corrected chi connectivity index (χ0v) is 17.4. The molecule has 0 bridgehead atoms. The maximum atomic E-state index is 13.0. The molecule has 3 rings (SSSR count). The van der Waals surface area contributed by atoms with Gasteiger partial charge in [-0.15, -0.1) is 0 Å². The molecule has 2 aromatic carbocycles. The van der Waals surface area contributed by atoms with Gasteiger partial charge in [-0.05, 0) is 50.2 Å². The van der Waals surface area contributed by atoms with Crippen molar-refractivity contribution in [3.05, 3.63) is 83.6 Å². The van der Waals surface area contributed by atoms with Crippen LogP contribution in [0.15, 0.2) is 77.4 Å². The van der Waals surface area contributed by atoms with Crippen LogP contribution in [0.5, 0.6) is 5.75 Å². The van der Waals surface area contributed by atoms with E-state index >= 15 is 0 Å². The molecule has 1 unspecified atom stereocenters. The van der Waals surface area contributed by atoms with Crippen molar-refractivity contribution in [1.29, 1.82) is 0 Å². The van der Waals surface area contributed by atoms with E-state index in [2.05, 4.69) is 6.58 Å². The number of nitrogens with zero attached hydrogens (tertiary/aromatic N) is 1. The highest BCUT2D eigenvalue weighted by Crippen LogP contribution is 2.29. The minimum absolute atomic E-state index is 0.0894. The molecule has 0 aromatic heterocycles. The van der Waals surface area contributed by atoms with Gasteiger partial charge in [0.1, 0.15) is 11.5 Å². The Morgan fingerprint density at radius 2 is 1.72 bits per heavy atom. The van der Waals surface area contributed by atoms with Gasteiger partial charge >= 0.3 is 5.97 Å². The number of aryl methyl sites for hydroxylation is 1. The molecule has 0 fully saturated rings. The molecule has 1 atom stereocenters. The van der Waals surface area contributed by atoms with Crippen LogP contribution < -0.4 is 4.74 Å². The number of ether oxygens (including phenoxy) is 2. The topological polar surface area (TPSA) is 72.9 Å². The van der Waals surface area contributed by atoms with Crippen LogP contribution in [0.1, 0.15) is 22.8 Å². The van der Waals surface area contributed by atoms with E-state index in [1.165, 1.54) is 4.31 Å². The van der Waals surface area contributed by atoms with Crippen LogP contribution in [0.2, 0.25) is 0 Å². The van der Waals surface area contributed by atoms with Crippen molar-refractivity contribution in [1.82, 2.24) is 4.31 Å². The van der Waals surface area contributed by atoms with E-state index in [9.17, 15) is 13.2 Å². The van der Waals surface area contributed by atoms with Crippen molar-refractivity contribution in [3.63, 3.8) is 0 Å². The molecule has 29 heavy (non-hydrogen) atoms. The number of esters is 1. The lowest BCUT2D eigenvalue weighted by Crippen LogP contribution is -2.34. The van der Waals surface area contributed by atoms with Crippen LogP contribution in [0, 0.1) is 6.92 Å². The minimum Gasteiger partial charge on any atom is -0.497 e. The SMILES string of the molecule is C=C(OC(=O)c1ccc(OC)cc1)C1=CC(C)N(S(=O)(=O)c2ccc(C)cc2)C1. The highest BCUT2D eigenvalue weighted by molar-refractivity contribution is 7.89. The lowest BCUT2D eigenvalue weighted by atomic mass is 10.2. The van der Waals surface area contributed by atoms with E-state index in [0.29, 0.717) is 16.9 Å². The van der Waals surface area contributed by atoms with Gasteiger partial charge in [-0.1, -0.05) is 30.4 Å². The monoisotopic (exact) mass is 413 g/mol. The Hall–Kier alpha value is -2.90. The van der Waals surface area contributed by atoms with Crippen molar-refractivity contribution in [2.24, 2.45) is 0 Å². The van der Waals surface area contributed by atoms with Crippen LogP contribution in [0.4, 0.5) is 0 Å². The first-order valence-electron chi connectivity index (χ1n) is 9.07. The molecule has 1 heterocycles. The molecule has 0 amide bonds. The maximum Gasteiger partial charge on any atom is 0.343 e. The van der Waals surface area contributed by atoms with Crippen LogP contribution in [0.25, 0.3) is 0 Å². The third-order valence-electron chi connectivity index (χ3n) is 4.75. The van der Waals surface area contributed by atoms with E-state index < -0.39 is 16.0 Å². The summed E-state index contributed by atoms with van der Waals surface area (Å²) in [7, 11) is -2.13. The van der Waals surface area contributed by atoms with E-state index in [4.69, 9.17) is 9.47 Å². The Morgan fingerprint density at radius 1 is 1.10 bits per heavy atom. The van der Waals surface area contributed by atoms with E-state index in [0.717, 1.165) is 5.56 Å². The fraction of sp³-hybridized carbons (Fsp3) is 0.227. The van der Waals surface area contributed by atoms with Gasteiger partial charge in [-0.25, -0.2) is 13.2 Å². The minimum atomic E-state index is -3.67. The summed E-state index contributed by atoms with van der Waals surface area (Å²) in [6.07, 6.45) is 1.75. The Balaban J connectivity index is 1.70. The second-order valence-electron chi connectivity index (χ2n) is 6.84. The smallest absolute Gasteiger partial charge is 0.343 e. The summed E-state index contributed by atoms with van der Waals surface area (Å²) in [5, 5.41) is 0. The van der Waals surface area contributed by atoms with Gasteiger partial charge in [-0.3, -0.25) is 0 Å².